The van der Waals surface area contributed by atoms with Crippen molar-refractivity contribution in [3.8, 4) is 0 Å². The van der Waals surface area contributed by atoms with E-state index in [1.807, 2.05) is 55.3 Å². The Bertz CT molecular complexity index is 469. The van der Waals surface area contributed by atoms with E-state index >= 15 is 0 Å². The van der Waals surface area contributed by atoms with Gasteiger partial charge in [-0.15, -0.1) is 0 Å². The Morgan fingerprint density at radius 3 is 2.90 bits per heavy atom. The molecule has 0 aliphatic heterocycles. The maximum absolute atomic E-state index is 10.6. The summed E-state index contributed by atoms with van der Waals surface area (Å²) in [6.07, 6.45) is 9.30. The fourth-order valence-electron chi connectivity index (χ4n) is 1.66. The van der Waals surface area contributed by atoms with Crippen LogP contribution in [0.5, 0.6) is 0 Å². The van der Waals surface area contributed by atoms with Crippen LogP contribution in [0.4, 0.5) is 5.82 Å². The van der Waals surface area contributed by atoms with Crippen molar-refractivity contribution in [2.45, 2.75) is 20.3 Å². The fraction of sp³-hybridized carbons (Fsp3) is 0.412. The summed E-state index contributed by atoms with van der Waals surface area (Å²) in [7, 11) is 1.99. The van der Waals surface area contributed by atoms with Gasteiger partial charge in [0, 0.05) is 19.2 Å². The molecule has 0 aliphatic carbocycles. The zero-order valence-corrected chi connectivity index (χ0v) is 13.0. The summed E-state index contributed by atoms with van der Waals surface area (Å²) in [5, 5.41) is 0. The van der Waals surface area contributed by atoms with Crippen molar-refractivity contribution < 1.29 is 9.53 Å². The SMILES string of the molecule is CC/C=C(\C=C/C(C)C=O)OCCN(C)c1ccccn1. The highest BCUT2D eigenvalue weighted by Crippen LogP contribution is 2.08. The Balaban J connectivity index is 2.45. The van der Waals surface area contributed by atoms with Crippen molar-refractivity contribution in [1.29, 1.82) is 0 Å². The largest absolute Gasteiger partial charge is 0.492 e. The number of aromatic nitrogens is 1. The van der Waals surface area contributed by atoms with Gasteiger partial charge in [0.1, 0.15) is 24.5 Å². The van der Waals surface area contributed by atoms with Gasteiger partial charge in [0.2, 0.25) is 0 Å². The number of hydrogen-bond acceptors (Lipinski definition) is 4. The molecule has 114 valence electrons. The van der Waals surface area contributed by atoms with Crippen LogP contribution in [-0.4, -0.2) is 31.5 Å². The third-order valence-electron chi connectivity index (χ3n) is 2.92. The number of nitrogens with zero attached hydrogens (tertiary/aromatic N) is 2. The van der Waals surface area contributed by atoms with Crippen LogP contribution in [-0.2, 0) is 9.53 Å². The molecule has 4 nitrogen and oxygen atoms in total. The predicted molar refractivity (Wildman–Crippen MR) is 86.2 cm³/mol. The second kappa shape index (κ2) is 9.75. The van der Waals surface area contributed by atoms with E-state index in [9.17, 15) is 4.79 Å². The molecule has 0 amide bonds. The summed E-state index contributed by atoms with van der Waals surface area (Å²) >= 11 is 0. The molecular formula is C17H24N2O2. The topological polar surface area (TPSA) is 42.4 Å². The Labute approximate surface area is 127 Å². The molecule has 0 N–H and O–H groups in total. The maximum Gasteiger partial charge on any atom is 0.128 e. The molecule has 0 saturated carbocycles. The van der Waals surface area contributed by atoms with Crippen LogP contribution in [0.3, 0.4) is 0 Å². The van der Waals surface area contributed by atoms with Crippen molar-refractivity contribution >= 4 is 12.1 Å². The zero-order valence-electron chi connectivity index (χ0n) is 13.0. The monoisotopic (exact) mass is 288 g/mol. The molecule has 4 heteroatoms. The second-order valence-electron chi connectivity index (χ2n) is 4.83. The number of ether oxygens (including phenoxy) is 1. The van der Waals surface area contributed by atoms with Crippen LogP contribution in [0.2, 0.25) is 0 Å². The van der Waals surface area contributed by atoms with Crippen LogP contribution >= 0.6 is 0 Å². The molecule has 0 bridgehead atoms. The molecule has 0 aliphatic rings. The van der Waals surface area contributed by atoms with E-state index in [4.69, 9.17) is 4.74 Å². The van der Waals surface area contributed by atoms with Gasteiger partial charge in [-0.25, -0.2) is 4.98 Å². The van der Waals surface area contributed by atoms with Crippen LogP contribution in [0.15, 0.2) is 48.4 Å². The van der Waals surface area contributed by atoms with Gasteiger partial charge in [-0.3, -0.25) is 0 Å². The molecule has 21 heavy (non-hydrogen) atoms. The third kappa shape index (κ3) is 6.75. The number of hydrogen-bond donors (Lipinski definition) is 0. The summed E-state index contributed by atoms with van der Waals surface area (Å²) in [4.78, 5) is 16.9. The number of carbonyl (C=O) groups is 1. The lowest BCUT2D eigenvalue weighted by Crippen LogP contribution is -2.23. The van der Waals surface area contributed by atoms with E-state index in [0.717, 1.165) is 30.8 Å². The zero-order chi connectivity index (χ0) is 15.5. The maximum atomic E-state index is 10.6. The normalized spacial score (nSPS) is 13.2. The highest BCUT2D eigenvalue weighted by Gasteiger charge is 2.02. The summed E-state index contributed by atoms with van der Waals surface area (Å²) < 4.78 is 5.76. The van der Waals surface area contributed by atoms with Crippen molar-refractivity contribution in [3.63, 3.8) is 0 Å². The average Bonchev–Trinajstić information content (AvgIpc) is 2.52. The van der Waals surface area contributed by atoms with E-state index in [1.165, 1.54) is 0 Å². The third-order valence-corrected chi connectivity index (χ3v) is 2.92. The fourth-order valence-corrected chi connectivity index (χ4v) is 1.66. The lowest BCUT2D eigenvalue weighted by molar-refractivity contribution is -0.109. The molecule has 1 aromatic rings. The van der Waals surface area contributed by atoms with Gasteiger partial charge in [0.15, 0.2) is 0 Å². The molecule has 1 heterocycles. The number of pyridine rings is 1. The quantitative estimate of drug-likeness (QED) is 0.397. The number of likely N-dealkylation sites (N-methyl/N-ethyl adjacent to an activating group) is 1. The van der Waals surface area contributed by atoms with Crippen LogP contribution in [0, 0.1) is 5.92 Å². The van der Waals surface area contributed by atoms with E-state index in [0.29, 0.717) is 6.61 Å². The van der Waals surface area contributed by atoms with E-state index in [1.54, 1.807) is 6.20 Å². The minimum absolute atomic E-state index is 0.0925. The van der Waals surface area contributed by atoms with E-state index in [-0.39, 0.29) is 5.92 Å². The highest BCUT2D eigenvalue weighted by molar-refractivity contribution is 5.55. The Kier molecular flexibility index (Phi) is 7.87. The lowest BCUT2D eigenvalue weighted by Gasteiger charge is -2.18. The predicted octanol–water partition coefficient (Wildman–Crippen LogP) is 3.22. The van der Waals surface area contributed by atoms with Crippen LogP contribution in [0.25, 0.3) is 0 Å². The second-order valence-corrected chi connectivity index (χ2v) is 4.83. The Morgan fingerprint density at radius 2 is 2.29 bits per heavy atom. The summed E-state index contributed by atoms with van der Waals surface area (Å²) in [6, 6.07) is 5.83. The standard InChI is InChI=1S/C17H24N2O2/c1-4-7-16(10-9-15(2)14-20)21-13-12-19(3)17-8-5-6-11-18-17/h5-11,14-15H,4,12-13H2,1-3H3/b10-9-,16-7+. The van der Waals surface area contributed by atoms with Crippen molar-refractivity contribution in [2.24, 2.45) is 5.92 Å². The first-order chi connectivity index (χ1) is 10.2. The van der Waals surface area contributed by atoms with Gasteiger partial charge in [0.25, 0.3) is 0 Å². The smallest absolute Gasteiger partial charge is 0.128 e. The number of rotatable bonds is 9. The minimum Gasteiger partial charge on any atom is -0.492 e. The molecule has 1 unspecified atom stereocenters. The molecule has 1 atom stereocenters. The lowest BCUT2D eigenvalue weighted by atomic mass is 10.2. The number of allylic oxidation sites excluding steroid dienone is 3. The summed E-state index contributed by atoms with van der Waals surface area (Å²) in [6.45, 7) is 5.22. The van der Waals surface area contributed by atoms with Crippen molar-refractivity contribution in [3.05, 3.63) is 48.4 Å². The molecule has 0 spiro atoms. The Hall–Kier alpha value is -2.10. The molecule has 0 aromatic carbocycles. The van der Waals surface area contributed by atoms with Gasteiger partial charge in [-0.2, -0.15) is 0 Å². The molecular weight excluding hydrogens is 264 g/mol. The molecule has 0 radical (unpaired) electrons. The van der Waals surface area contributed by atoms with Crippen molar-refractivity contribution in [2.75, 3.05) is 25.1 Å². The van der Waals surface area contributed by atoms with Gasteiger partial charge >= 0.3 is 0 Å². The molecule has 0 fully saturated rings. The Morgan fingerprint density at radius 1 is 1.48 bits per heavy atom. The van der Waals surface area contributed by atoms with E-state index < -0.39 is 0 Å². The summed E-state index contributed by atoms with van der Waals surface area (Å²) in [5.41, 5.74) is 0. The molecule has 1 rings (SSSR count). The first-order valence-electron chi connectivity index (χ1n) is 7.26. The number of carbonyl (C=O) groups excluding carboxylic acids is 1. The molecule has 0 saturated heterocycles. The highest BCUT2D eigenvalue weighted by atomic mass is 16.5. The minimum atomic E-state index is -0.0925. The summed E-state index contributed by atoms with van der Waals surface area (Å²) in [5.74, 6) is 1.64. The number of aldehydes is 1. The van der Waals surface area contributed by atoms with Gasteiger partial charge in [0.05, 0.1) is 6.54 Å². The van der Waals surface area contributed by atoms with Crippen LogP contribution < -0.4 is 4.90 Å². The van der Waals surface area contributed by atoms with Gasteiger partial charge in [-0.05, 0) is 30.7 Å². The van der Waals surface area contributed by atoms with Gasteiger partial charge in [-0.1, -0.05) is 26.0 Å². The van der Waals surface area contributed by atoms with E-state index in [2.05, 4.69) is 11.9 Å². The van der Waals surface area contributed by atoms with Gasteiger partial charge < -0.3 is 14.4 Å². The first kappa shape index (κ1) is 17.0. The van der Waals surface area contributed by atoms with Crippen molar-refractivity contribution in [1.82, 2.24) is 4.98 Å². The average molecular weight is 288 g/mol. The molecule has 1 aromatic heterocycles. The first-order valence-corrected chi connectivity index (χ1v) is 7.26. The van der Waals surface area contributed by atoms with Crippen LogP contribution in [0.1, 0.15) is 20.3 Å². The number of anilines is 1.